The largest absolute Gasteiger partial charge is 0.399 e. The summed E-state index contributed by atoms with van der Waals surface area (Å²) in [6.07, 6.45) is 3.88. The molecule has 4 heterocycles. The average molecular weight is 809 g/mol. The lowest BCUT2D eigenvalue weighted by Gasteiger charge is -2.38. The van der Waals surface area contributed by atoms with E-state index in [1.54, 1.807) is 9.80 Å². The third kappa shape index (κ3) is 9.06. The minimum atomic E-state index is -5.79. The number of carbonyl (C=O) groups excluding carboxylic acids is 3. The van der Waals surface area contributed by atoms with Crippen LogP contribution in [-0.2, 0) is 31.0 Å². The number of rotatable bonds is 12. The Morgan fingerprint density at radius 2 is 1.64 bits per heavy atom. The van der Waals surface area contributed by atoms with Gasteiger partial charge >= 0.3 is 13.3 Å². The SMILES string of the molecule is O=C(NC(CC1CCN(CCc2ccccc2)CC1)C(=O)N1CCC[C@H]1C(=O)N1CCO[C@H](c2ccccc2)C1)c1cc2cc(C(F)(F)P(=O)(O)O)ccc2s1. The molecule has 15 heteroatoms. The minimum Gasteiger partial charge on any atom is -0.370 e. The van der Waals surface area contributed by atoms with Crippen molar-refractivity contribution in [2.45, 2.75) is 62.4 Å². The van der Waals surface area contributed by atoms with Crippen LogP contribution >= 0.6 is 18.9 Å². The molecule has 0 spiro atoms. The normalized spacial score (nSPS) is 20.6. The zero-order chi connectivity index (χ0) is 39.5. The summed E-state index contributed by atoms with van der Waals surface area (Å²) in [6, 6.07) is 23.1. The van der Waals surface area contributed by atoms with Gasteiger partial charge in [-0.25, -0.2) is 0 Å². The molecule has 3 aromatic carbocycles. The number of carbonyl (C=O) groups is 3. The second kappa shape index (κ2) is 17.2. The van der Waals surface area contributed by atoms with E-state index < -0.39 is 36.8 Å². The maximum atomic E-state index is 14.6. The molecule has 3 saturated heterocycles. The first-order valence-corrected chi connectivity index (χ1v) is 21.6. The zero-order valence-electron chi connectivity index (χ0n) is 31.0. The average Bonchev–Trinajstić information content (AvgIpc) is 3.88. The molecule has 1 unspecified atom stereocenters. The molecule has 4 aromatic rings. The maximum Gasteiger partial charge on any atom is 0.399 e. The Bertz CT molecular complexity index is 2060. The van der Waals surface area contributed by atoms with E-state index in [1.165, 1.54) is 17.7 Å². The van der Waals surface area contributed by atoms with E-state index in [9.17, 15) is 37.5 Å². The number of nitrogens with one attached hydrogen (secondary N) is 1. The highest BCUT2D eigenvalue weighted by Gasteiger charge is 2.50. The van der Waals surface area contributed by atoms with Crippen LogP contribution in [-0.4, -0.2) is 100 Å². The first-order chi connectivity index (χ1) is 26.9. The molecular weight excluding hydrogens is 762 g/mol. The van der Waals surface area contributed by atoms with Crippen molar-refractivity contribution in [3.8, 4) is 0 Å². The van der Waals surface area contributed by atoms with Gasteiger partial charge in [0.1, 0.15) is 18.2 Å². The summed E-state index contributed by atoms with van der Waals surface area (Å²) in [4.78, 5) is 67.0. The van der Waals surface area contributed by atoms with Gasteiger partial charge in [-0.15, -0.1) is 11.3 Å². The summed E-state index contributed by atoms with van der Waals surface area (Å²) in [7, 11) is -5.79. The zero-order valence-corrected chi connectivity index (χ0v) is 32.7. The number of benzene rings is 3. The summed E-state index contributed by atoms with van der Waals surface area (Å²) < 4.78 is 47.0. The van der Waals surface area contributed by atoms with Crippen molar-refractivity contribution in [1.29, 1.82) is 0 Å². The van der Waals surface area contributed by atoms with E-state index in [2.05, 4.69) is 22.3 Å². The van der Waals surface area contributed by atoms with Gasteiger partial charge in [0.2, 0.25) is 11.8 Å². The number of morpholine rings is 1. The van der Waals surface area contributed by atoms with Crippen LogP contribution in [0.2, 0.25) is 0 Å². The number of fused-ring (bicyclic) bond motifs is 1. The highest BCUT2D eigenvalue weighted by molar-refractivity contribution is 7.52. The molecule has 3 fully saturated rings. The number of hydrogen-bond acceptors (Lipinski definition) is 7. The molecule has 3 aliphatic heterocycles. The molecule has 0 aliphatic carbocycles. The van der Waals surface area contributed by atoms with E-state index >= 15 is 0 Å². The third-order valence-corrected chi connectivity index (χ3v) is 13.4. The topological polar surface area (TPSA) is 140 Å². The number of nitrogens with zero attached hydrogens (tertiary/aromatic N) is 3. The fourth-order valence-corrected chi connectivity index (χ4v) is 9.51. The summed E-state index contributed by atoms with van der Waals surface area (Å²) in [5.74, 6) is -0.878. The number of piperidine rings is 1. The van der Waals surface area contributed by atoms with Crippen LogP contribution in [0.25, 0.3) is 10.1 Å². The Balaban J connectivity index is 1.07. The number of thiophene rings is 1. The molecule has 0 bridgehead atoms. The summed E-state index contributed by atoms with van der Waals surface area (Å²) in [5.41, 5.74) is -3.00. The number of amides is 3. The molecular formula is C41H47F2N4O7PS. The Kier molecular flexibility index (Phi) is 12.3. The van der Waals surface area contributed by atoms with Crippen molar-refractivity contribution in [3.05, 3.63) is 106 Å². The van der Waals surface area contributed by atoms with Crippen molar-refractivity contribution >= 4 is 46.7 Å². The second-order valence-electron chi connectivity index (χ2n) is 15.0. The Morgan fingerprint density at radius 3 is 2.36 bits per heavy atom. The first kappa shape index (κ1) is 40.2. The van der Waals surface area contributed by atoms with Crippen molar-refractivity contribution in [1.82, 2.24) is 20.0 Å². The van der Waals surface area contributed by atoms with Crippen LogP contribution in [0.3, 0.4) is 0 Å². The second-order valence-corrected chi connectivity index (χ2v) is 17.7. The van der Waals surface area contributed by atoms with Crippen LogP contribution < -0.4 is 5.32 Å². The summed E-state index contributed by atoms with van der Waals surface area (Å²) in [5, 5.41) is 3.19. The van der Waals surface area contributed by atoms with Crippen molar-refractivity contribution in [2.75, 3.05) is 45.9 Å². The van der Waals surface area contributed by atoms with Crippen molar-refractivity contribution in [3.63, 3.8) is 0 Å². The van der Waals surface area contributed by atoms with Gasteiger partial charge in [0.25, 0.3) is 5.91 Å². The van der Waals surface area contributed by atoms with E-state index in [4.69, 9.17) is 4.74 Å². The molecule has 3 aliphatic rings. The monoisotopic (exact) mass is 808 g/mol. The van der Waals surface area contributed by atoms with Crippen molar-refractivity contribution < 1.29 is 42.3 Å². The highest BCUT2D eigenvalue weighted by atomic mass is 32.1. The van der Waals surface area contributed by atoms with Gasteiger partial charge in [-0.05, 0) is 92.2 Å². The number of ether oxygens (including phenoxy) is 1. The fraction of sp³-hybridized carbons (Fsp3) is 0.439. The quantitative estimate of drug-likeness (QED) is 0.145. The molecule has 3 amide bonds. The van der Waals surface area contributed by atoms with Crippen LogP contribution in [0.5, 0.6) is 0 Å². The standard InChI is InChI=1S/C41H47F2N4O7PS/c42-41(43,55(51,52)53)32-13-14-36-31(25-32)26-37(56-36)38(48)44-33(24-29-16-20-45(21-17-29)19-15-28-8-3-1-4-9-28)39(49)47-18-7-12-34(47)40(50)46-22-23-54-35(27-46)30-10-5-2-6-11-30/h1-6,8-11,13-14,25-26,29,33-35H,7,12,15-24,27H2,(H,44,48)(H2,51,52,53)/t33?,34-,35-/m0/s1. The molecule has 3 N–H and O–H groups in total. The first-order valence-electron chi connectivity index (χ1n) is 19.2. The van der Waals surface area contributed by atoms with Gasteiger partial charge in [0, 0.05) is 29.9 Å². The van der Waals surface area contributed by atoms with Gasteiger partial charge < -0.3 is 34.5 Å². The van der Waals surface area contributed by atoms with Crippen LogP contribution in [0.4, 0.5) is 8.78 Å². The van der Waals surface area contributed by atoms with E-state index in [0.29, 0.717) is 50.2 Å². The predicted molar refractivity (Wildman–Crippen MR) is 209 cm³/mol. The number of likely N-dealkylation sites (tertiary alicyclic amines) is 2. The number of hydrogen-bond donors (Lipinski definition) is 3. The minimum absolute atomic E-state index is 0.135. The fourth-order valence-electron chi connectivity index (χ4n) is 8.09. The molecule has 0 radical (unpaired) electrons. The lowest BCUT2D eigenvalue weighted by molar-refractivity contribution is -0.149. The van der Waals surface area contributed by atoms with E-state index in [0.717, 1.165) is 67.9 Å². The predicted octanol–water partition coefficient (Wildman–Crippen LogP) is 6.16. The third-order valence-electron chi connectivity index (χ3n) is 11.3. The molecule has 0 saturated carbocycles. The van der Waals surface area contributed by atoms with E-state index in [1.807, 2.05) is 48.5 Å². The van der Waals surface area contributed by atoms with Crippen LogP contribution in [0.1, 0.15) is 64.6 Å². The lowest BCUT2D eigenvalue weighted by atomic mass is 9.89. The summed E-state index contributed by atoms with van der Waals surface area (Å²) >= 11 is 1.04. The Morgan fingerprint density at radius 1 is 0.929 bits per heavy atom. The van der Waals surface area contributed by atoms with Gasteiger partial charge in [-0.3, -0.25) is 18.9 Å². The molecule has 7 rings (SSSR count). The van der Waals surface area contributed by atoms with Gasteiger partial charge in [-0.1, -0.05) is 66.7 Å². The van der Waals surface area contributed by atoms with Crippen LogP contribution in [0.15, 0.2) is 84.9 Å². The molecule has 11 nitrogen and oxygen atoms in total. The lowest BCUT2D eigenvalue weighted by Crippen LogP contribution is -2.56. The van der Waals surface area contributed by atoms with Crippen molar-refractivity contribution in [2.24, 2.45) is 5.92 Å². The molecule has 56 heavy (non-hydrogen) atoms. The Labute approximate surface area is 328 Å². The number of halogens is 2. The smallest absolute Gasteiger partial charge is 0.370 e. The maximum absolute atomic E-state index is 14.6. The molecule has 298 valence electrons. The number of alkyl halides is 2. The van der Waals surface area contributed by atoms with Crippen LogP contribution in [0, 0.1) is 5.92 Å². The molecule has 3 atom stereocenters. The summed E-state index contributed by atoms with van der Waals surface area (Å²) in [6.45, 7) is 4.18. The van der Waals surface area contributed by atoms with Gasteiger partial charge in [0.05, 0.1) is 18.0 Å². The van der Waals surface area contributed by atoms with Gasteiger partial charge in [-0.2, -0.15) is 8.78 Å². The van der Waals surface area contributed by atoms with E-state index in [-0.39, 0.29) is 34.1 Å². The molecule has 1 aromatic heterocycles. The Hall–Kier alpha value is -4.04. The highest BCUT2D eigenvalue weighted by Crippen LogP contribution is 2.59. The van der Waals surface area contributed by atoms with Gasteiger partial charge in [0.15, 0.2) is 0 Å².